The van der Waals surface area contributed by atoms with Crippen LogP contribution in [0.3, 0.4) is 0 Å². The topological polar surface area (TPSA) is 58.6 Å². The Balaban J connectivity index is 2.40. The van der Waals surface area contributed by atoms with Crippen molar-refractivity contribution in [2.45, 2.75) is 20.4 Å². The molecule has 0 atom stereocenters. The predicted molar refractivity (Wildman–Crippen MR) is 70.4 cm³/mol. The zero-order valence-electron chi connectivity index (χ0n) is 10.6. The van der Waals surface area contributed by atoms with Crippen molar-refractivity contribution in [1.29, 1.82) is 0 Å². The minimum Gasteiger partial charge on any atom is -0.465 e. The number of amides is 2. The molecule has 0 saturated heterocycles. The van der Waals surface area contributed by atoms with Crippen LogP contribution in [0, 0.1) is 0 Å². The van der Waals surface area contributed by atoms with Crippen molar-refractivity contribution in [2.24, 2.45) is 0 Å². The largest absolute Gasteiger partial charge is 0.465 e. The summed E-state index contributed by atoms with van der Waals surface area (Å²) in [6, 6.07) is 3.68. The third kappa shape index (κ3) is 4.75. The summed E-state index contributed by atoms with van der Waals surface area (Å²) < 4.78 is 4.74. The average Bonchev–Trinajstić information content (AvgIpc) is 2.86. The van der Waals surface area contributed by atoms with Crippen molar-refractivity contribution in [3.05, 3.63) is 22.4 Å². The number of ether oxygens (including phenoxy) is 1. The van der Waals surface area contributed by atoms with Crippen LogP contribution in [0.25, 0.3) is 0 Å². The van der Waals surface area contributed by atoms with E-state index < -0.39 is 5.97 Å². The summed E-state index contributed by atoms with van der Waals surface area (Å²) in [7, 11) is 0. The highest BCUT2D eigenvalue weighted by atomic mass is 32.1. The van der Waals surface area contributed by atoms with Crippen LogP contribution in [-0.2, 0) is 16.1 Å². The normalized spacial score (nSPS) is 9.89. The molecule has 0 fully saturated rings. The Labute approximate surface area is 111 Å². The molecule has 0 aliphatic heterocycles. The lowest BCUT2D eigenvalue weighted by molar-refractivity contribution is -0.141. The zero-order chi connectivity index (χ0) is 13.4. The van der Waals surface area contributed by atoms with Gasteiger partial charge < -0.3 is 15.0 Å². The highest BCUT2D eigenvalue weighted by Gasteiger charge is 2.13. The highest BCUT2D eigenvalue weighted by molar-refractivity contribution is 7.09. The number of rotatable bonds is 6. The Morgan fingerprint density at radius 1 is 1.44 bits per heavy atom. The van der Waals surface area contributed by atoms with E-state index in [4.69, 9.17) is 4.74 Å². The summed E-state index contributed by atoms with van der Waals surface area (Å²) in [6.07, 6.45) is 0. The fraction of sp³-hybridized carbons (Fsp3) is 0.500. The van der Waals surface area contributed by atoms with Gasteiger partial charge in [0.2, 0.25) is 0 Å². The van der Waals surface area contributed by atoms with Crippen LogP contribution in [0.1, 0.15) is 18.7 Å². The van der Waals surface area contributed by atoms with Gasteiger partial charge in [-0.3, -0.25) is 4.79 Å². The summed E-state index contributed by atoms with van der Waals surface area (Å²) >= 11 is 1.60. The molecule has 0 saturated carbocycles. The molecule has 18 heavy (non-hydrogen) atoms. The first-order valence-electron chi connectivity index (χ1n) is 5.88. The van der Waals surface area contributed by atoms with Crippen LogP contribution in [-0.4, -0.2) is 36.6 Å². The molecule has 1 rings (SSSR count). The number of hydrogen-bond acceptors (Lipinski definition) is 4. The van der Waals surface area contributed by atoms with Gasteiger partial charge in [0.1, 0.15) is 6.54 Å². The Morgan fingerprint density at radius 2 is 2.22 bits per heavy atom. The molecule has 0 aliphatic rings. The van der Waals surface area contributed by atoms with Crippen LogP contribution in [0.5, 0.6) is 0 Å². The second-order valence-electron chi connectivity index (χ2n) is 3.56. The molecule has 0 spiro atoms. The third-order valence-electron chi connectivity index (χ3n) is 2.29. The van der Waals surface area contributed by atoms with Gasteiger partial charge in [-0.2, -0.15) is 0 Å². The van der Waals surface area contributed by atoms with Crippen molar-refractivity contribution >= 4 is 23.3 Å². The van der Waals surface area contributed by atoms with Gasteiger partial charge in [-0.05, 0) is 25.3 Å². The van der Waals surface area contributed by atoms with Gasteiger partial charge in [0.05, 0.1) is 13.2 Å². The molecule has 0 bridgehead atoms. The maximum absolute atomic E-state index is 11.8. The Kier molecular flexibility index (Phi) is 6.21. The zero-order valence-corrected chi connectivity index (χ0v) is 11.5. The molecule has 100 valence electrons. The van der Waals surface area contributed by atoms with Gasteiger partial charge in [0.25, 0.3) is 0 Å². The Bertz CT molecular complexity index is 379. The first kappa shape index (κ1) is 14.5. The molecule has 0 aliphatic carbocycles. The summed E-state index contributed by atoms with van der Waals surface area (Å²) in [6.45, 7) is 5.01. The lowest BCUT2D eigenvalue weighted by Crippen LogP contribution is -2.41. The molecule has 0 aromatic carbocycles. The van der Waals surface area contributed by atoms with Crippen LogP contribution < -0.4 is 5.32 Å². The summed E-state index contributed by atoms with van der Waals surface area (Å²) in [4.78, 5) is 25.7. The van der Waals surface area contributed by atoms with Gasteiger partial charge in [-0.25, -0.2) is 4.79 Å². The third-order valence-corrected chi connectivity index (χ3v) is 3.15. The molecule has 1 N–H and O–H groups in total. The Morgan fingerprint density at radius 3 is 2.78 bits per heavy atom. The fourth-order valence-electron chi connectivity index (χ4n) is 1.39. The predicted octanol–water partition coefficient (Wildman–Crippen LogP) is 1.84. The summed E-state index contributed by atoms with van der Waals surface area (Å²) in [5.41, 5.74) is 0. The number of esters is 1. The monoisotopic (exact) mass is 270 g/mol. The molecule has 0 radical (unpaired) electrons. The molecule has 0 unspecified atom stereocenters. The summed E-state index contributed by atoms with van der Waals surface area (Å²) in [5.74, 6) is -0.418. The van der Waals surface area contributed by atoms with Gasteiger partial charge in [-0.1, -0.05) is 6.07 Å². The van der Waals surface area contributed by atoms with Crippen molar-refractivity contribution in [3.8, 4) is 0 Å². The van der Waals surface area contributed by atoms with Crippen molar-refractivity contribution in [2.75, 3.05) is 19.7 Å². The van der Waals surface area contributed by atoms with E-state index in [9.17, 15) is 9.59 Å². The molecule has 1 aromatic heterocycles. The van der Waals surface area contributed by atoms with E-state index in [1.54, 1.807) is 23.2 Å². The number of nitrogens with one attached hydrogen (secondary N) is 1. The first-order valence-corrected chi connectivity index (χ1v) is 6.76. The molecule has 5 nitrogen and oxygen atoms in total. The molecule has 2 amide bonds. The first-order chi connectivity index (χ1) is 8.67. The van der Waals surface area contributed by atoms with E-state index >= 15 is 0 Å². The number of carbonyl (C=O) groups excluding carboxylic acids is 2. The lowest BCUT2D eigenvalue weighted by Gasteiger charge is -2.20. The van der Waals surface area contributed by atoms with E-state index in [2.05, 4.69) is 5.32 Å². The molecule has 1 heterocycles. The van der Waals surface area contributed by atoms with Crippen molar-refractivity contribution in [3.63, 3.8) is 0 Å². The highest BCUT2D eigenvalue weighted by Crippen LogP contribution is 2.11. The summed E-state index contributed by atoms with van der Waals surface area (Å²) in [5, 5.41) is 4.52. The van der Waals surface area contributed by atoms with E-state index in [0.717, 1.165) is 4.88 Å². The lowest BCUT2D eigenvalue weighted by atomic mass is 10.4. The minimum atomic E-state index is -0.418. The van der Waals surface area contributed by atoms with Crippen LogP contribution >= 0.6 is 11.3 Å². The van der Waals surface area contributed by atoms with Crippen molar-refractivity contribution in [1.82, 2.24) is 10.2 Å². The van der Waals surface area contributed by atoms with Crippen LogP contribution in [0.15, 0.2) is 17.5 Å². The van der Waals surface area contributed by atoms with E-state index in [0.29, 0.717) is 19.7 Å². The Hall–Kier alpha value is -1.56. The van der Waals surface area contributed by atoms with Gasteiger partial charge in [-0.15, -0.1) is 11.3 Å². The number of hydrogen-bond donors (Lipinski definition) is 1. The molecule has 6 heteroatoms. The molecular weight excluding hydrogens is 252 g/mol. The van der Waals surface area contributed by atoms with Gasteiger partial charge >= 0.3 is 12.0 Å². The standard InChI is InChI=1S/C12H18N2O3S/c1-3-14(9-10-6-5-7-18-10)12(16)13-8-11(15)17-4-2/h5-7H,3-4,8-9H2,1-2H3,(H,13,16). The number of urea groups is 1. The number of carbonyl (C=O) groups is 2. The SMILES string of the molecule is CCOC(=O)CNC(=O)N(CC)Cc1cccs1. The van der Waals surface area contributed by atoms with E-state index in [1.807, 2.05) is 24.4 Å². The van der Waals surface area contributed by atoms with Gasteiger partial charge in [0, 0.05) is 11.4 Å². The van der Waals surface area contributed by atoms with Crippen LogP contribution in [0.2, 0.25) is 0 Å². The van der Waals surface area contributed by atoms with E-state index in [1.165, 1.54) is 0 Å². The smallest absolute Gasteiger partial charge is 0.325 e. The molecular formula is C12H18N2O3S. The maximum atomic E-state index is 11.8. The van der Waals surface area contributed by atoms with Gasteiger partial charge in [0.15, 0.2) is 0 Å². The second kappa shape index (κ2) is 7.71. The minimum absolute atomic E-state index is 0.0897. The molecule has 1 aromatic rings. The fourth-order valence-corrected chi connectivity index (χ4v) is 2.11. The van der Waals surface area contributed by atoms with Crippen molar-refractivity contribution < 1.29 is 14.3 Å². The van der Waals surface area contributed by atoms with E-state index in [-0.39, 0.29) is 12.6 Å². The number of thiophene rings is 1. The maximum Gasteiger partial charge on any atom is 0.325 e. The number of nitrogens with zero attached hydrogens (tertiary/aromatic N) is 1. The van der Waals surface area contributed by atoms with Crippen LogP contribution in [0.4, 0.5) is 4.79 Å². The average molecular weight is 270 g/mol. The second-order valence-corrected chi connectivity index (χ2v) is 4.59. The quantitative estimate of drug-likeness (QED) is 0.802.